The molecule has 0 amide bonds. The minimum Gasteiger partial charge on any atom is -0.349 e. The van der Waals surface area contributed by atoms with Crippen molar-refractivity contribution in [1.29, 1.82) is 0 Å². The van der Waals surface area contributed by atoms with Crippen molar-refractivity contribution in [2.75, 3.05) is 6.54 Å². The van der Waals surface area contributed by atoms with E-state index in [1.807, 2.05) is 0 Å². The minimum absolute atomic E-state index is 0.190. The fourth-order valence-corrected chi connectivity index (χ4v) is 3.35. The van der Waals surface area contributed by atoms with Gasteiger partial charge in [0.05, 0.1) is 5.02 Å². The van der Waals surface area contributed by atoms with Gasteiger partial charge in [-0.25, -0.2) is 4.39 Å². The van der Waals surface area contributed by atoms with Gasteiger partial charge in [0.25, 0.3) is 0 Å². The first-order valence-corrected chi connectivity index (χ1v) is 7.91. The van der Waals surface area contributed by atoms with E-state index in [9.17, 15) is 4.39 Å². The van der Waals surface area contributed by atoms with Crippen LogP contribution in [0.5, 0.6) is 0 Å². The number of aryl methyl sites for hydroxylation is 1. The Hall–Kier alpha value is -1.32. The van der Waals surface area contributed by atoms with Gasteiger partial charge in [-0.1, -0.05) is 24.6 Å². The van der Waals surface area contributed by atoms with Crippen molar-refractivity contribution in [3.63, 3.8) is 0 Å². The van der Waals surface area contributed by atoms with Gasteiger partial charge < -0.3 is 9.88 Å². The molecule has 4 heteroatoms. The van der Waals surface area contributed by atoms with Crippen LogP contribution >= 0.6 is 11.6 Å². The number of halogens is 2. The molecule has 1 aromatic carbocycles. The van der Waals surface area contributed by atoms with E-state index in [-0.39, 0.29) is 10.8 Å². The van der Waals surface area contributed by atoms with E-state index >= 15 is 0 Å². The molecular formula is C17H20ClFN2. The van der Waals surface area contributed by atoms with Gasteiger partial charge in [0.2, 0.25) is 0 Å². The summed E-state index contributed by atoms with van der Waals surface area (Å²) in [7, 11) is 0. The predicted octanol–water partition coefficient (Wildman–Crippen LogP) is 4.32. The number of hydrogen-bond donors (Lipinski definition) is 1. The van der Waals surface area contributed by atoms with Crippen LogP contribution in [0.3, 0.4) is 0 Å². The number of nitrogens with one attached hydrogen (secondary N) is 1. The lowest BCUT2D eigenvalue weighted by Crippen LogP contribution is -2.23. The molecule has 1 atom stereocenters. The molecule has 1 N–H and O–H groups in total. The Bertz CT molecular complexity index is 636. The highest BCUT2D eigenvalue weighted by molar-refractivity contribution is 6.30. The van der Waals surface area contributed by atoms with Gasteiger partial charge in [-0.15, -0.1) is 0 Å². The second-order valence-corrected chi connectivity index (χ2v) is 6.07. The maximum absolute atomic E-state index is 13.2. The van der Waals surface area contributed by atoms with Crippen LogP contribution in [0.1, 0.15) is 42.5 Å². The predicted molar refractivity (Wildman–Crippen MR) is 84.3 cm³/mol. The molecule has 1 aliphatic carbocycles. The zero-order valence-corrected chi connectivity index (χ0v) is 13.0. The van der Waals surface area contributed by atoms with Gasteiger partial charge in [0.15, 0.2) is 0 Å². The van der Waals surface area contributed by atoms with Crippen LogP contribution in [-0.4, -0.2) is 11.1 Å². The smallest absolute Gasteiger partial charge is 0.141 e. The van der Waals surface area contributed by atoms with E-state index in [0.717, 1.165) is 25.1 Å². The fourth-order valence-electron chi connectivity index (χ4n) is 3.15. The van der Waals surface area contributed by atoms with Crippen molar-refractivity contribution >= 4 is 11.6 Å². The van der Waals surface area contributed by atoms with E-state index < -0.39 is 0 Å². The molecular weight excluding hydrogens is 287 g/mol. The SMILES string of the molecule is CCNC1CCCc2cn(Cc3ccc(F)c(Cl)c3)cc21. The number of fused-ring (bicyclic) bond motifs is 1. The van der Waals surface area contributed by atoms with E-state index in [0.29, 0.717) is 6.04 Å². The van der Waals surface area contributed by atoms with Gasteiger partial charge in [-0.2, -0.15) is 0 Å². The third kappa shape index (κ3) is 3.14. The molecule has 0 saturated carbocycles. The van der Waals surface area contributed by atoms with Crippen LogP contribution in [0.2, 0.25) is 5.02 Å². The molecule has 0 saturated heterocycles. The second kappa shape index (κ2) is 6.20. The number of rotatable bonds is 4. The van der Waals surface area contributed by atoms with Crippen molar-refractivity contribution in [3.8, 4) is 0 Å². The van der Waals surface area contributed by atoms with Crippen molar-refractivity contribution in [1.82, 2.24) is 9.88 Å². The zero-order valence-electron chi connectivity index (χ0n) is 12.2. The van der Waals surface area contributed by atoms with Gasteiger partial charge in [-0.05, 0) is 54.6 Å². The maximum Gasteiger partial charge on any atom is 0.141 e. The van der Waals surface area contributed by atoms with Crippen LogP contribution < -0.4 is 5.32 Å². The number of benzene rings is 1. The summed E-state index contributed by atoms with van der Waals surface area (Å²) in [5, 5.41) is 3.74. The topological polar surface area (TPSA) is 17.0 Å². The third-order valence-corrected chi connectivity index (χ3v) is 4.40. The Balaban J connectivity index is 1.82. The zero-order chi connectivity index (χ0) is 14.8. The quantitative estimate of drug-likeness (QED) is 0.890. The Morgan fingerprint density at radius 1 is 1.38 bits per heavy atom. The number of aromatic nitrogens is 1. The molecule has 0 radical (unpaired) electrons. The summed E-state index contributed by atoms with van der Waals surface area (Å²) in [6.07, 6.45) is 8.02. The average molecular weight is 307 g/mol. The van der Waals surface area contributed by atoms with Crippen molar-refractivity contribution in [3.05, 3.63) is 58.1 Å². The first-order valence-electron chi connectivity index (χ1n) is 7.53. The summed E-state index contributed by atoms with van der Waals surface area (Å²) < 4.78 is 15.4. The second-order valence-electron chi connectivity index (χ2n) is 5.66. The average Bonchev–Trinajstić information content (AvgIpc) is 2.87. The molecule has 0 aliphatic heterocycles. The normalized spacial score (nSPS) is 17.8. The van der Waals surface area contributed by atoms with E-state index in [2.05, 4.69) is 29.2 Å². The molecule has 1 aliphatic rings. The van der Waals surface area contributed by atoms with E-state index in [4.69, 9.17) is 11.6 Å². The third-order valence-electron chi connectivity index (χ3n) is 4.11. The number of nitrogens with zero attached hydrogens (tertiary/aromatic N) is 1. The summed E-state index contributed by atoms with van der Waals surface area (Å²) in [6, 6.07) is 5.40. The van der Waals surface area contributed by atoms with Crippen LogP contribution in [0.15, 0.2) is 30.6 Å². The Morgan fingerprint density at radius 2 is 2.24 bits per heavy atom. The molecule has 0 spiro atoms. The number of hydrogen-bond acceptors (Lipinski definition) is 1. The molecule has 0 bridgehead atoms. The van der Waals surface area contributed by atoms with Crippen LogP contribution in [0.4, 0.5) is 4.39 Å². The molecule has 1 heterocycles. The highest BCUT2D eigenvalue weighted by Gasteiger charge is 2.21. The molecule has 3 rings (SSSR count). The van der Waals surface area contributed by atoms with Crippen LogP contribution in [0, 0.1) is 5.82 Å². The summed E-state index contributed by atoms with van der Waals surface area (Å²) in [4.78, 5) is 0. The molecule has 2 aromatic rings. The van der Waals surface area contributed by atoms with Crippen LogP contribution in [0.25, 0.3) is 0 Å². The minimum atomic E-state index is -0.362. The van der Waals surface area contributed by atoms with Gasteiger partial charge in [0.1, 0.15) is 5.82 Å². The lowest BCUT2D eigenvalue weighted by Gasteiger charge is -2.22. The Kier molecular flexibility index (Phi) is 4.32. The van der Waals surface area contributed by atoms with E-state index in [1.165, 1.54) is 30.0 Å². The standard InChI is InChI=1S/C17H20ClFN2/c1-2-20-17-5-3-4-13-10-21(11-14(13)17)9-12-6-7-16(19)15(18)8-12/h6-8,10-11,17,20H,2-5,9H2,1H3. The Labute approximate surface area is 129 Å². The van der Waals surface area contributed by atoms with Gasteiger partial charge >= 0.3 is 0 Å². The summed E-state index contributed by atoms with van der Waals surface area (Å²) in [5.74, 6) is -0.362. The molecule has 0 fully saturated rings. The van der Waals surface area contributed by atoms with Crippen molar-refractivity contribution in [2.45, 2.75) is 38.8 Å². The van der Waals surface area contributed by atoms with Crippen LogP contribution in [-0.2, 0) is 13.0 Å². The maximum atomic E-state index is 13.2. The van der Waals surface area contributed by atoms with Gasteiger partial charge in [0, 0.05) is 25.0 Å². The van der Waals surface area contributed by atoms with E-state index in [1.54, 1.807) is 12.1 Å². The lowest BCUT2D eigenvalue weighted by atomic mass is 9.91. The fraction of sp³-hybridized carbons (Fsp3) is 0.412. The molecule has 21 heavy (non-hydrogen) atoms. The first-order chi connectivity index (χ1) is 10.2. The monoisotopic (exact) mass is 306 g/mol. The molecule has 2 nitrogen and oxygen atoms in total. The Morgan fingerprint density at radius 3 is 3.00 bits per heavy atom. The summed E-state index contributed by atoms with van der Waals surface area (Å²) in [5.41, 5.74) is 3.87. The summed E-state index contributed by atoms with van der Waals surface area (Å²) >= 11 is 5.85. The summed E-state index contributed by atoms with van der Waals surface area (Å²) in [6.45, 7) is 3.86. The van der Waals surface area contributed by atoms with Gasteiger partial charge in [-0.3, -0.25) is 0 Å². The largest absolute Gasteiger partial charge is 0.349 e. The van der Waals surface area contributed by atoms with Crippen molar-refractivity contribution < 1.29 is 4.39 Å². The highest BCUT2D eigenvalue weighted by Crippen LogP contribution is 2.30. The molecule has 112 valence electrons. The highest BCUT2D eigenvalue weighted by atomic mass is 35.5. The molecule has 1 unspecified atom stereocenters. The van der Waals surface area contributed by atoms with Crippen molar-refractivity contribution in [2.24, 2.45) is 0 Å². The molecule has 1 aromatic heterocycles. The lowest BCUT2D eigenvalue weighted by molar-refractivity contribution is 0.473. The first kappa shape index (κ1) is 14.6.